The van der Waals surface area contributed by atoms with Crippen molar-refractivity contribution in [3.63, 3.8) is 0 Å². The molecule has 0 aliphatic heterocycles. The Bertz CT molecular complexity index is 365. The fourth-order valence-corrected chi connectivity index (χ4v) is 2.13. The van der Waals surface area contributed by atoms with Gasteiger partial charge in [-0.1, -0.05) is 51.1 Å². The first kappa shape index (κ1) is 14.7. The summed E-state index contributed by atoms with van der Waals surface area (Å²) in [6.07, 6.45) is 0. The average Bonchev–Trinajstić information content (AvgIpc) is 2.38. The first-order valence-electron chi connectivity index (χ1n) is 6.39. The van der Waals surface area contributed by atoms with Gasteiger partial charge in [-0.05, 0) is 18.0 Å². The van der Waals surface area contributed by atoms with Gasteiger partial charge in [0.15, 0.2) is 0 Å². The van der Waals surface area contributed by atoms with E-state index in [4.69, 9.17) is 5.84 Å². The van der Waals surface area contributed by atoms with E-state index < -0.39 is 0 Å². The van der Waals surface area contributed by atoms with Crippen molar-refractivity contribution >= 4 is 5.91 Å². The molecule has 0 aliphatic rings. The van der Waals surface area contributed by atoms with E-state index in [0.29, 0.717) is 5.92 Å². The van der Waals surface area contributed by atoms with Crippen LogP contribution in [0.2, 0.25) is 0 Å². The van der Waals surface area contributed by atoms with Crippen molar-refractivity contribution < 1.29 is 4.79 Å². The van der Waals surface area contributed by atoms with Gasteiger partial charge in [-0.3, -0.25) is 15.1 Å². The molecule has 0 aromatic heterocycles. The highest BCUT2D eigenvalue weighted by molar-refractivity contribution is 5.82. The zero-order chi connectivity index (χ0) is 13.5. The summed E-state index contributed by atoms with van der Waals surface area (Å²) in [6, 6.07) is 9.43. The number of likely N-dealkylation sites (N-methyl/N-ethyl adjacent to an activating group) is 1. The van der Waals surface area contributed by atoms with Crippen LogP contribution in [0, 0.1) is 5.92 Å². The molecule has 1 aromatic rings. The molecule has 0 fully saturated rings. The molecular formula is C14H23N3O. The standard InChI is InChI=1S/C14H23N3O/c1-4-17(10-11(2)3)13(14(18)16-15)12-8-6-5-7-9-12/h5-9,11,13H,4,10,15H2,1-3H3,(H,16,18). The SMILES string of the molecule is CCN(CC(C)C)C(C(=O)NN)c1ccccc1. The molecule has 1 rings (SSSR count). The smallest absolute Gasteiger partial charge is 0.255 e. The molecule has 0 spiro atoms. The second-order valence-electron chi connectivity index (χ2n) is 4.80. The maximum atomic E-state index is 12.0. The van der Waals surface area contributed by atoms with Gasteiger partial charge < -0.3 is 0 Å². The molecule has 0 radical (unpaired) electrons. The number of hydrazine groups is 1. The molecule has 100 valence electrons. The monoisotopic (exact) mass is 249 g/mol. The fraction of sp³-hybridized carbons (Fsp3) is 0.500. The molecule has 0 saturated heterocycles. The van der Waals surface area contributed by atoms with Gasteiger partial charge in [0.25, 0.3) is 5.91 Å². The van der Waals surface area contributed by atoms with E-state index in [2.05, 4.69) is 31.1 Å². The Morgan fingerprint density at radius 1 is 1.33 bits per heavy atom. The molecular weight excluding hydrogens is 226 g/mol. The van der Waals surface area contributed by atoms with Crippen LogP contribution in [0.15, 0.2) is 30.3 Å². The molecule has 0 heterocycles. The third-order valence-electron chi connectivity index (χ3n) is 2.88. The minimum Gasteiger partial charge on any atom is -0.293 e. The van der Waals surface area contributed by atoms with E-state index in [1.165, 1.54) is 0 Å². The first-order valence-corrected chi connectivity index (χ1v) is 6.39. The van der Waals surface area contributed by atoms with Gasteiger partial charge >= 0.3 is 0 Å². The molecule has 0 bridgehead atoms. The summed E-state index contributed by atoms with van der Waals surface area (Å²) >= 11 is 0. The second kappa shape index (κ2) is 7.13. The number of carbonyl (C=O) groups excluding carboxylic acids is 1. The summed E-state index contributed by atoms with van der Waals surface area (Å²) in [5.41, 5.74) is 3.25. The Morgan fingerprint density at radius 2 is 1.94 bits per heavy atom. The average molecular weight is 249 g/mol. The van der Waals surface area contributed by atoms with E-state index in [-0.39, 0.29) is 11.9 Å². The van der Waals surface area contributed by atoms with Gasteiger partial charge in [0, 0.05) is 6.54 Å². The summed E-state index contributed by atoms with van der Waals surface area (Å²) in [5, 5.41) is 0. The Morgan fingerprint density at radius 3 is 2.39 bits per heavy atom. The number of rotatable bonds is 6. The van der Waals surface area contributed by atoms with Crippen LogP contribution in [-0.2, 0) is 4.79 Å². The minimum atomic E-state index is -0.316. The molecule has 3 N–H and O–H groups in total. The zero-order valence-corrected chi connectivity index (χ0v) is 11.4. The lowest BCUT2D eigenvalue weighted by Crippen LogP contribution is -2.44. The Kier molecular flexibility index (Phi) is 5.82. The number of carbonyl (C=O) groups is 1. The molecule has 4 nitrogen and oxygen atoms in total. The lowest BCUT2D eigenvalue weighted by atomic mass is 10.0. The van der Waals surface area contributed by atoms with Crippen LogP contribution >= 0.6 is 0 Å². The minimum absolute atomic E-state index is 0.163. The number of nitrogens with two attached hydrogens (primary N) is 1. The summed E-state index contributed by atoms with van der Waals surface area (Å²) in [4.78, 5) is 14.2. The first-order chi connectivity index (χ1) is 8.60. The van der Waals surface area contributed by atoms with Crippen molar-refractivity contribution in [1.29, 1.82) is 0 Å². The second-order valence-corrected chi connectivity index (χ2v) is 4.80. The predicted octanol–water partition coefficient (Wildman–Crippen LogP) is 1.70. The van der Waals surface area contributed by atoms with Crippen LogP contribution in [0.25, 0.3) is 0 Å². The quantitative estimate of drug-likeness (QED) is 0.458. The van der Waals surface area contributed by atoms with Gasteiger partial charge in [0.1, 0.15) is 6.04 Å². The van der Waals surface area contributed by atoms with E-state index in [0.717, 1.165) is 18.7 Å². The van der Waals surface area contributed by atoms with Crippen LogP contribution in [0.3, 0.4) is 0 Å². The lowest BCUT2D eigenvalue weighted by molar-refractivity contribution is -0.127. The van der Waals surface area contributed by atoms with Crippen molar-refractivity contribution in [2.45, 2.75) is 26.8 Å². The molecule has 18 heavy (non-hydrogen) atoms. The van der Waals surface area contributed by atoms with Gasteiger partial charge in [-0.2, -0.15) is 0 Å². The van der Waals surface area contributed by atoms with Crippen molar-refractivity contribution in [1.82, 2.24) is 10.3 Å². The Labute approximate surface area is 109 Å². The number of benzene rings is 1. The number of nitrogens with zero attached hydrogens (tertiary/aromatic N) is 1. The van der Waals surface area contributed by atoms with Crippen LogP contribution in [-0.4, -0.2) is 23.9 Å². The van der Waals surface area contributed by atoms with E-state index in [1.807, 2.05) is 30.3 Å². The number of hydrogen-bond donors (Lipinski definition) is 2. The number of nitrogens with one attached hydrogen (secondary N) is 1. The highest BCUT2D eigenvalue weighted by atomic mass is 16.2. The molecule has 1 aromatic carbocycles. The third kappa shape index (κ3) is 3.82. The molecule has 1 atom stereocenters. The predicted molar refractivity (Wildman–Crippen MR) is 73.6 cm³/mol. The Hall–Kier alpha value is -1.39. The van der Waals surface area contributed by atoms with Gasteiger partial charge in [-0.15, -0.1) is 0 Å². The van der Waals surface area contributed by atoms with Crippen LogP contribution in [0.4, 0.5) is 0 Å². The van der Waals surface area contributed by atoms with E-state index in [9.17, 15) is 4.79 Å². The summed E-state index contributed by atoms with van der Waals surface area (Å²) in [5.74, 6) is 5.65. The maximum Gasteiger partial charge on any atom is 0.255 e. The topological polar surface area (TPSA) is 58.4 Å². The number of hydrogen-bond acceptors (Lipinski definition) is 3. The van der Waals surface area contributed by atoms with Gasteiger partial charge in [0.2, 0.25) is 0 Å². The summed E-state index contributed by atoms with van der Waals surface area (Å²) in [7, 11) is 0. The van der Waals surface area contributed by atoms with Crippen molar-refractivity contribution in [3.8, 4) is 0 Å². The zero-order valence-electron chi connectivity index (χ0n) is 11.4. The van der Waals surface area contributed by atoms with E-state index in [1.54, 1.807) is 0 Å². The van der Waals surface area contributed by atoms with Crippen molar-refractivity contribution in [2.75, 3.05) is 13.1 Å². The van der Waals surface area contributed by atoms with E-state index >= 15 is 0 Å². The Balaban J connectivity index is 3.00. The summed E-state index contributed by atoms with van der Waals surface area (Å²) in [6.45, 7) is 8.02. The number of amides is 1. The normalized spacial score (nSPS) is 12.8. The molecule has 0 saturated carbocycles. The van der Waals surface area contributed by atoms with Gasteiger partial charge in [0.05, 0.1) is 0 Å². The van der Waals surface area contributed by atoms with Crippen LogP contribution in [0.5, 0.6) is 0 Å². The molecule has 1 unspecified atom stereocenters. The van der Waals surface area contributed by atoms with Gasteiger partial charge in [-0.25, -0.2) is 5.84 Å². The highest BCUT2D eigenvalue weighted by Gasteiger charge is 2.26. The third-order valence-corrected chi connectivity index (χ3v) is 2.88. The molecule has 0 aliphatic carbocycles. The van der Waals surface area contributed by atoms with Crippen molar-refractivity contribution in [2.24, 2.45) is 11.8 Å². The molecule has 4 heteroatoms. The largest absolute Gasteiger partial charge is 0.293 e. The fourth-order valence-electron chi connectivity index (χ4n) is 2.13. The summed E-state index contributed by atoms with van der Waals surface area (Å²) < 4.78 is 0. The highest BCUT2D eigenvalue weighted by Crippen LogP contribution is 2.21. The maximum absolute atomic E-state index is 12.0. The molecule has 1 amide bonds. The van der Waals surface area contributed by atoms with Crippen molar-refractivity contribution in [3.05, 3.63) is 35.9 Å². The van der Waals surface area contributed by atoms with Crippen LogP contribution in [0.1, 0.15) is 32.4 Å². The van der Waals surface area contributed by atoms with Crippen LogP contribution < -0.4 is 11.3 Å². The lowest BCUT2D eigenvalue weighted by Gasteiger charge is -2.30.